The van der Waals surface area contributed by atoms with Gasteiger partial charge in [-0.2, -0.15) is 0 Å². The van der Waals surface area contributed by atoms with Gasteiger partial charge in [0.2, 0.25) is 0 Å². The Kier molecular flexibility index (Phi) is 10.7. The van der Waals surface area contributed by atoms with Gasteiger partial charge in [0.15, 0.2) is 5.96 Å². The standard InChI is InChI=1S/C20H31ClN4O2.HI/c1-22-20(23-9-5-14-26-16-17-6-4-15-27-17)25-12-10-24(11-13-25)19-8-3-2-7-18(19)21;/h2-3,7-8,17H,4-6,9-16H2,1H3,(H,22,23);1H. The maximum absolute atomic E-state index is 6.32. The Labute approximate surface area is 190 Å². The van der Waals surface area contributed by atoms with Crippen LogP contribution in [0, 0.1) is 0 Å². The fourth-order valence-corrected chi connectivity index (χ4v) is 3.82. The highest BCUT2D eigenvalue weighted by Gasteiger charge is 2.21. The summed E-state index contributed by atoms with van der Waals surface area (Å²) in [6, 6.07) is 8.04. The Bertz CT molecular complexity index is 606. The van der Waals surface area contributed by atoms with E-state index in [9.17, 15) is 0 Å². The molecule has 1 aromatic carbocycles. The lowest BCUT2D eigenvalue weighted by atomic mass is 10.2. The smallest absolute Gasteiger partial charge is 0.193 e. The van der Waals surface area contributed by atoms with Crippen molar-refractivity contribution >= 4 is 47.2 Å². The van der Waals surface area contributed by atoms with Crippen LogP contribution in [0.4, 0.5) is 5.69 Å². The van der Waals surface area contributed by atoms with Gasteiger partial charge in [-0.15, -0.1) is 24.0 Å². The fourth-order valence-electron chi connectivity index (χ4n) is 3.56. The molecule has 158 valence electrons. The molecule has 2 aliphatic rings. The van der Waals surface area contributed by atoms with Gasteiger partial charge in [0.1, 0.15) is 0 Å². The normalized spacial score (nSPS) is 20.2. The molecule has 0 spiro atoms. The molecule has 1 unspecified atom stereocenters. The first kappa shape index (κ1) is 23.5. The van der Waals surface area contributed by atoms with Gasteiger partial charge in [0.05, 0.1) is 23.4 Å². The Hall–Kier alpha value is -0.770. The zero-order chi connectivity index (χ0) is 18.9. The van der Waals surface area contributed by atoms with E-state index in [0.717, 1.165) is 88.5 Å². The molecule has 0 saturated carbocycles. The second-order valence-electron chi connectivity index (χ2n) is 6.96. The summed E-state index contributed by atoms with van der Waals surface area (Å²) >= 11 is 6.32. The first-order valence-corrected chi connectivity index (χ1v) is 10.3. The summed E-state index contributed by atoms with van der Waals surface area (Å²) in [6.45, 7) is 6.96. The molecular formula is C20H32ClIN4O2. The quantitative estimate of drug-likeness (QED) is 0.258. The van der Waals surface area contributed by atoms with E-state index in [1.165, 1.54) is 0 Å². The zero-order valence-electron chi connectivity index (χ0n) is 16.6. The van der Waals surface area contributed by atoms with Gasteiger partial charge in [0, 0.05) is 53.0 Å². The number of aliphatic imine (C=N–C) groups is 1. The van der Waals surface area contributed by atoms with Crippen LogP contribution in [0.3, 0.4) is 0 Å². The van der Waals surface area contributed by atoms with Gasteiger partial charge >= 0.3 is 0 Å². The molecule has 1 atom stereocenters. The Morgan fingerprint density at radius 2 is 2.07 bits per heavy atom. The summed E-state index contributed by atoms with van der Waals surface area (Å²) in [5.74, 6) is 0.966. The average molecular weight is 523 g/mol. The van der Waals surface area contributed by atoms with E-state index in [-0.39, 0.29) is 24.0 Å². The lowest BCUT2D eigenvalue weighted by Gasteiger charge is -2.38. The first-order chi connectivity index (χ1) is 13.3. The third-order valence-corrected chi connectivity index (χ3v) is 5.38. The molecule has 2 heterocycles. The molecule has 0 aliphatic carbocycles. The van der Waals surface area contributed by atoms with Crippen molar-refractivity contribution in [2.45, 2.75) is 25.4 Å². The highest BCUT2D eigenvalue weighted by molar-refractivity contribution is 14.0. The van der Waals surface area contributed by atoms with E-state index < -0.39 is 0 Å². The fraction of sp³-hybridized carbons (Fsp3) is 0.650. The lowest BCUT2D eigenvalue weighted by Crippen LogP contribution is -2.52. The van der Waals surface area contributed by atoms with Crippen LogP contribution in [0.25, 0.3) is 0 Å². The highest BCUT2D eigenvalue weighted by atomic mass is 127. The molecule has 6 nitrogen and oxygen atoms in total. The lowest BCUT2D eigenvalue weighted by molar-refractivity contribution is 0.0168. The second kappa shape index (κ2) is 12.7. The summed E-state index contributed by atoms with van der Waals surface area (Å²) in [5, 5.41) is 4.27. The maximum Gasteiger partial charge on any atom is 0.193 e. The van der Waals surface area contributed by atoms with Crippen molar-refractivity contribution < 1.29 is 9.47 Å². The maximum atomic E-state index is 6.32. The van der Waals surface area contributed by atoms with Crippen LogP contribution in [-0.4, -0.2) is 76.6 Å². The van der Waals surface area contributed by atoms with Gasteiger partial charge in [0.25, 0.3) is 0 Å². The van der Waals surface area contributed by atoms with E-state index in [0.29, 0.717) is 6.10 Å². The third kappa shape index (κ3) is 6.93. The predicted octanol–water partition coefficient (Wildman–Crippen LogP) is 3.24. The molecule has 2 aliphatic heterocycles. The van der Waals surface area contributed by atoms with Gasteiger partial charge in [-0.05, 0) is 31.4 Å². The SMILES string of the molecule is CN=C(NCCCOCC1CCCO1)N1CCN(c2ccccc2Cl)CC1.I. The van der Waals surface area contributed by atoms with Crippen LogP contribution in [0.5, 0.6) is 0 Å². The predicted molar refractivity (Wildman–Crippen MR) is 126 cm³/mol. The number of para-hydroxylation sites is 1. The van der Waals surface area contributed by atoms with E-state index in [4.69, 9.17) is 21.1 Å². The molecule has 0 amide bonds. The molecule has 1 N–H and O–H groups in total. The number of ether oxygens (including phenoxy) is 2. The summed E-state index contributed by atoms with van der Waals surface area (Å²) in [4.78, 5) is 9.08. The average Bonchev–Trinajstić information content (AvgIpc) is 3.22. The molecule has 3 rings (SSSR count). The largest absolute Gasteiger partial charge is 0.379 e. The van der Waals surface area contributed by atoms with E-state index >= 15 is 0 Å². The van der Waals surface area contributed by atoms with E-state index in [2.05, 4.69) is 26.2 Å². The number of nitrogens with zero attached hydrogens (tertiary/aromatic N) is 3. The Morgan fingerprint density at radius 1 is 1.29 bits per heavy atom. The molecular weight excluding hydrogens is 491 g/mol. The van der Waals surface area contributed by atoms with Crippen LogP contribution in [-0.2, 0) is 9.47 Å². The minimum absolute atomic E-state index is 0. The number of halogens is 2. The second-order valence-corrected chi connectivity index (χ2v) is 7.37. The summed E-state index contributed by atoms with van der Waals surface area (Å²) in [7, 11) is 1.84. The van der Waals surface area contributed by atoms with E-state index in [1.807, 2.05) is 25.2 Å². The minimum Gasteiger partial charge on any atom is -0.379 e. The number of anilines is 1. The molecule has 8 heteroatoms. The number of guanidine groups is 1. The number of piperazine rings is 1. The van der Waals surface area contributed by atoms with Gasteiger partial charge in [-0.1, -0.05) is 23.7 Å². The van der Waals surface area contributed by atoms with Crippen LogP contribution in [0.1, 0.15) is 19.3 Å². The van der Waals surface area contributed by atoms with Gasteiger partial charge in [-0.25, -0.2) is 0 Å². The third-order valence-electron chi connectivity index (χ3n) is 5.06. The van der Waals surface area contributed by atoms with Crippen LogP contribution in [0.15, 0.2) is 29.3 Å². The summed E-state index contributed by atoms with van der Waals surface area (Å²) in [6.07, 6.45) is 3.56. The van der Waals surface area contributed by atoms with Crippen molar-refractivity contribution in [3.05, 3.63) is 29.3 Å². The van der Waals surface area contributed by atoms with Crippen LogP contribution < -0.4 is 10.2 Å². The Morgan fingerprint density at radius 3 is 2.75 bits per heavy atom. The van der Waals surface area contributed by atoms with Gasteiger partial charge in [-0.3, -0.25) is 4.99 Å². The molecule has 0 radical (unpaired) electrons. The number of nitrogens with one attached hydrogen (secondary N) is 1. The molecule has 28 heavy (non-hydrogen) atoms. The molecule has 2 saturated heterocycles. The molecule has 1 aromatic rings. The van der Waals surface area contributed by atoms with Crippen molar-refractivity contribution in [3.8, 4) is 0 Å². The van der Waals surface area contributed by atoms with Crippen molar-refractivity contribution in [1.29, 1.82) is 0 Å². The van der Waals surface area contributed by atoms with Crippen LogP contribution >= 0.6 is 35.6 Å². The van der Waals surface area contributed by atoms with Crippen molar-refractivity contribution in [1.82, 2.24) is 10.2 Å². The number of benzene rings is 1. The first-order valence-electron chi connectivity index (χ1n) is 9.92. The molecule has 0 bridgehead atoms. The van der Waals surface area contributed by atoms with Crippen molar-refractivity contribution in [3.63, 3.8) is 0 Å². The molecule has 2 fully saturated rings. The monoisotopic (exact) mass is 522 g/mol. The summed E-state index contributed by atoms with van der Waals surface area (Å²) < 4.78 is 11.3. The van der Waals surface area contributed by atoms with Gasteiger partial charge < -0.3 is 24.6 Å². The zero-order valence-corrected chi connectivity index (χ0v) is 19.7. The number of hydrogen-bond acceptors (Lipinski definition) is 4. The minimum atomic E-state index is 0. The van der Waals surface area contributed by atoms with Crippen molar-refractivity contribution in [2.24, 2.45) is 4.99 Å². The molecule has 0 aromatic heterocycles. The summed E-state index contributed by atoms with van der Waals surface area (Å²) in [5.41, 5.74) is 1.12. The number of rotatable bonds is 7. The number of hydrogen-bond donors (Lipinski definition) is 1. The van der Waals surface area contributed by atoms with E-state index in [1.54, 1.807) is 0 Å². The Balaban J connectivity index is 0.00000280. The topological polar surface area (TPSA) is 49.3 Å². The van der Waals surface area contributed by atoms with Crippen LogP contribution in [0.2, 0.25) is 5.02 Å². The highest BCUT2D eigenvalue weighted by Crippen LogP contribution is 2.26. The van der Waals surface area contributed by atoms with Crippen molar-refractivity contribution in [2.75, 3.05) is 64.5 Å².